The SMILES string of the molecule is CCCCOCCCCCCOC(=O)CS. The van der Waals surface area contributed by atoms with Gasteiger partial charge < -0.3 is 9.47 Å². The van der Waals surface area contributed by atoms with E-state index in [1.54, 1.807) is 0 Å². The van der Waals surface area contributed by atoms with Crippen LogP contribution in [0.1, 0.15) is 45.4 Å². The first kappa shape index (κ1) is 15.8. The second-order valence-corrected chi connectivity index (χ2v) is 4.07. The van der Waals surface area contributed by atoms with Crippen molar-refractivity contribution in [3.63, 3.8) is 0 Å². The van der Waals surface area contributed by atoms with Crippen molar-refractivity contribution in [2.75, 3.05) is 25.6 Å². The second-order valence-electron chi connectivity index (χ2n) is 3.76. The zero-order valence-corrected chi connectivity index (χ0v) is 11.1. The number of unbranched alkanes of at least 4 members (excludes halogenated alkanes) is 4. The van der Waals surface area contributed by atoms with E-state index in [0.29, 0.717) is 6.61 Å². The van der Waals surface area contributed by atoms with Gasteiger partial charge in [0.15, 0.2) is 0 Å². The number of hydrogen-bond acceptors (Lipinski definition) is 4. The van der Waals surface area contributed by atoms with Crippen molar-refractivity contribution in [1.82, 2.24) is 0 Å². The van der Waals surface area contributed by atoms with Crippen LogP contribution in [0, 0.1) is 0 Å². The third kappa shape index (κ3) is 11.9. The summed E-state index contributed by atoms with van der Waals surface area (Å²) in [6.07, 6.45) is 6.62. The van der Waals surface area contributed by atoms with Crippen molar-refractivity contribution in [1.29, 1.82) is 0 Å². The molecule has 0 amide bonds. The lowest BCUT2D eigenvalue weighted by molar-refractivity contribution is -0.140. The predicted octanol–water partition coefficient (Wildman–Crippen LogP) is 2.84. The molecule has 0 aliphatic carbocycles. The fourth-order valence-electron chi connectivity index (χ4n) is 1.24. The Balaban J connectivity index is 2.96. The van der Waals surface area contributed by atoms with Gasteiger partial charge in [-0.15, -0.1) is 0 Å². The lowest BCUT2D eigenvalue weighted by Gasteiger charge is -2.04. The molecule has 3 nitrogen and oxygen atoms in total. The summed E-state index contributed by atoms with van der Waals surface area (Å²) in [7, 11) is 0. The number of ether oxygens (including phenoxy) is 2. The van der Waals surface area contributed by atoms with Gasteiger partial charge in [-0.25, -0.2) is 0 Å². The average molecular weight is 248 g/mol. The number of rotatable bonds is 11. The van der Waals surface area contributed by atoms with Crippen LogP contribution in [0.25, 0.3) is 0 Å². The van der Waals surface area contributed by atoms with E-state index in [0.717, 1.165) is 45.3 Å². The fourth-order valence-corrected chi connectivity index (χ4v) is 1.33. The summed E-state index contributed by atoms with van der Waals surface area (Å²) in [6.45, 7) is 4.43. The van der Waals surface area contributed by atoms with Crippen LogP contribution in [-0.2, 0) is 14.3 Å². The Bertz CT molecular complexity index is 162. The Morgan fingerprint density at radius 1 is 1.00 bits per heavy atom. The van der Waals surface area contributed by atoms with Gasteiger partial charge in [-0.3, -0.25) is 4.79 Å². The molecule has 0 spiro atoms. The highest BCUT2D eigenvalue weighted by atomic mass is 32.1. The molecule has 0 heterocycles. The molecule has 0 N–H and O–H groups in total. The van der Waals surface area contributed by atoms with Gasteiger partial charge >= 0.3 is 5.97 Å². The van der Waals surface area contributed by atoms with Gasteiger partial charge in [-0.1, -0.05) is 19.8 Å². The summed E-state index contributed by atoms with van der Waals surface area (Å²) in [4.78, 5) is 10.7. The number of esters is 1. The van der Waals surface area contributed by atoms with Crippen LogP contribution < -0.4 is 0 Å². The normalized spacial score (nSPS) is 10.4. The highest BCUT2D eigenvalue weighted by Gasteiger charge is 1.97. The first-order valence-corrected chi connectivity index (χ1v) is 6.78. The molecule has 16 heavy (non-hydrogen) atoms. The van der Waals surface area contributed by atoms with Crippen LogP contribution in [0.15, 0.2) is 0 Å². The van der Waals surface area contributed by atoms with Crippen molar-refractivity contribution in [2.45, 2.75) is 45.4 Å². The van der Waals surface area contributed by atoms with Crippen LogP contribution in [0.2, 0.25) is 0 Å². The first-order valence-electron chi connectivity index (χ1n) is 6.15. The largest absolute Gasteiger partial charge is 0.465 e. The average Bonchev–Trinajstić information content (AvgIpc) is 2.31. The fraction of sp³-hybridized carbons (Fsp3) is 0.917. The summed E-state index contributed by atoms with van der Waals surface area (Å²) >= 11 is 3.82. The molecule has 0 radical (unpaired) electrons. The topological polar surface area (TPSA) is 35.5 Å². The molecular formula is C12H24O3S. The summed E-state index contributed by atoms with van der Waals surface area (Å²) < 4.78 is 10.3. The van der Waals surface area contributed by atoms with Gasteiger partial charge in [-0.05, 0) is 25.7 Å². The van der Waals surface area contributed by atoms with Crippen LogP contribution >= 0.6 is 12.6 Å². The molecule has 0 aromatic carbocycles. The van der Waals surface area contributed by atoms with Gasteiger partial charge in [0.1, 0.15) is 0 Å². The minimum atomic E-state index is -0.230. The quantitative estimate of drug-likeness (QED) is 0.347. The molecule has 0 aliphatic heterocycles. The molecule has 0 bridgehead atoms. The molecule has 0 aromatic heterocycles. The van der Waals surface area contributed by atoms with Crippen molar-refractivity contribution in [3.8, 4) is 0 Å². The van der Waals surface area contributed by atoms with Gasteiger partial charge in [0.25, 0.3) is 0 Å². The summed E-state index contributed by atoms with van der Waals surface area (Å²) in [5, 5.41) is 0. The van der Waals surface area contributed by atoms with Crippen molar-refractivity contribution >= 4 is 18.6 Å². The van der Waals surface area contributed by atoms with Crippen LogP contribution in [0.5, 0.6) is 0 Å². The Morgan fingerprint density at radius 3 is 2.25 bits per heavy atom. The van der Waals surface area contributed by atoms with Gasteiger partial charge in [-0.2, -0.15) is 12.6 Å². The zero-order chi connectivity index (χ0) is 12.1. The van der Waals surface area contributed by atoms with Gasteiger partial charge in [0.2, 0.25) is 0 Å². The van der Waals surface area contributed by atoms with E-state index in [-0.39, 0.29) is 11.7 Å². The van der Waals surface area contributed by atoms with E-state index >= 15 is 0 Å². The molecule has 0 fully saturated rings. The highest BCUT2D eigenvalue weighted by Crippen LogP contribution is 2.01. The van der Waals surface area contributed by atoms with E-state index in [1.807, 2.05) is 0 Å². The number of hydrogen-bond donors (Lipinski definition) is 1. The number of thiol groups is 1. The van der Waals surface area contributed by atoms with Crippen molar-refractivity contribution in [3.05, 3.63) is 0 Å². The zero-order valence-electron chi connectivity index (χ0n) is 10.2. The Morgan fingerprint density at radius 2 is 1.62 bits per heavy atom. The van der Waals surface area contributed by atoms with Crippen LogP contribution in [-0.4, -0.2) is 31.5 Å². The molecule has 0 saturated carbocycles. The maximum absolute atomic E-state index is 10.7. The predicted molar refractivity (Wildman–Crippen MR) is 69.0 cm³/mol. The molecule has 0 rings (SSSR count). The standard InChI is InChI=1S/C12H24O3S/c1-2-3-8-14-9-6-4-5-7-10-15-12(13)11-16/h16H,2-11H2,1H3. The van der Waals surface area contributed by atoms with E-state index in [4.69, 9.17) is 9.47 Å². The minimum Gasteiger partial charge on any atom is -0.465 e. The van der Waals surface area contributed by atoms with Crippen LogP contribution in [0.3, 0.4) is 0 Å². The van der Waals surface area contributed by atoms with Crippen LogP contribution in [0.4, 0.5) is 0 Å². The third-order valence-electron chi connectivity index (χ3n) is 2.22. The lowest BCUT2D eigenvalue weighted by atomic mass is 10.2. The minimum absolute atomic E-state index is 0.172. The Labute approximate surface area is 104 Å². The summed E-state index contributed by atoms with van der Waals surface area (Å²) in [5.41, 5.74) is 0. The maximum atomic E-state index is 10.7. The molecular weight excluding hydrogens is 224 g/mol. The monoisotopic (exact) mass is 248 g/mol. The molecule has 0 unspecified atom stereocenters. The smallest absolute Gasteiger partial charge is 0.315 e. The van der Waals surface area contributed by atoms with Crippen molar-refractivity contribution in [2.24, 2.45) is 0 Å². The third-order valence-corrected chi connectivity index (χ3v) is 2.48. The van der Waals surface area contributed by atoms with Crippen molar-refractivity contribution < 1.29 is 14.3 Å². The Hall–Kier alpha value is -0.220. The lowest BCUT2D eigenvalue weighted by Crippen LogP contribution is -2.06. The summed E-state index contributed by atoms with van der Waals surface area (Å²) in [6, 6.07) is 0. The molecule has 96 valence electrons. The van der Waals surface area contributed by atoms with E-state index < -0.39 is 0 Å². The molecule has 0 atom stereocenters. The van der Waals surface area contributed by atoms with E-state index in [1.165, 1.54) is 6.42 Å². The van der Waals surface area contributed by atoms with Gasteiger partial charge in [0.05, 0.1) is 12.4 Å². The van der Waals surface area contributed by atoms with Gasteiger partial charge in [0, 0.05) is 13.2 Å². The number of carbonyl (C=O) groups excluding carboxylic acids is 1. The first-order chi connectivity index (χ1) is 7.81. The molecule has 0 aliphatic rings. The van der Waals surface area contributed by atoms with E-state index in [2.05, 4.69) is 19.6 Å². The maximum Gasteiger partial charge on any atom is 0.315 e. The summed E-state index contributed by atoms with van der Waals surface area (Å²) in [5.74, 6) is -0.0584. The number of carbonyl (C=O) groups is 1. The Kier molecular flexibility index (Phi) is 12.7. The molecule has 4 heteroatoms. The second kappa shape index (κ2) is 12.8. The van der Waals surface area contributed by atoms with E-state index in [9.17, 15) is 4.79 Å². The molecule has 0 aromatic rings. The highest BCUT2D eigenvalue weighted by molar-refractivity contribution is 7.81. The molecule has 0 saturated heterocycles.